The Labute approximate surface area is 309 Å². The van der Waals surface area contributed by atoms with E-state index in [9.17, 15) is 32.4 Å². The fraction of sp³-hybridized carbons (Fsp3) is 0.622. The molecule has 5 atom stereocenters. The Hall–Kier alpha value is -4.47. The number of amides is 4. The molecule has 0 radical (unpaired) electrons. The molecule has 4 bridgehead atoms. The molecule has 2 aliphatic carbocycles. The Morgan fingerprint density at radius 3 is 2.53 bits per heavy atom. The number of cyclic esters (lactones) is 1. The highest BCUT2D eigenvalue weighted by atomic mass is 32.2. The number of carbonyl (C=O) groups excluding carboxylic acids is 5. The van der Waals surface area contributed by atoms with E-state index in [0.717, 1.165) is 5.69 Å². The van der Waals surface area contributed by atoms with Crippen LogP contribution in [0.15, 0.2) is 30.5 Å². The van der Waals surface area contributed by atoms with Crippen molar-refractivity contribution in [2.45, 2.75) is 115 Å². The molecule has 3 N–H and O–H groups in total. The summed E-state index contributed by atoms with van der Waals surface area (Å²) in [4.78, 5) is 74.7. The number of hydrogen-bond donors (Lipinski definition) is 3. The standard InChI is InChI=1S/C37H50N6O9S/c1-7-22-18-37(22,33(47)41-53(49,50)25-14-15-25)40-30(44)27-17-24-19-43(27)31(45)29(35(2,3)4)39-34(48)51-21-36(5,6)16-9-8-11-23-12-10-13-28-38-26(20-42(23)28)32(46)52-24/h8,10-13,20,22,24-25,27,29H,7,9,14-19,21H2,1-6H3,(H,39,48)(H,40,44)(H,41,47)/b11-8+/t22-,24+,27-,29+,37+/m0/s1. The van der Waals surface area contributed by atoms with Gasteiger partial charge in [0.25, 0.3) is 5.91 Å². The lowest BCUT2D eigenvalue weighted by molar-refractivity contribution is -0.143. The Morgan fingerprint density at radius 1 is 1.13 bits per heavy atom. The van der Waals surface area contributed by atoms with Crippen LogP contribution < -0.4 is 15.4 Å². The van der Waals surface area contributed by atoms with Crippen molar-refractivity contribution in [3.05, 3.63) is 41.9 Å². The van der Waals surface area contributed by atoms with E-state index >= 15 is 0 Å². The first-order valence-electron chi connectivity index (χ1n) is 18.3. The lowest BCUT2D eigenvalue weighted by atomic mass is 9.85. The number of alkyl carbamates (subject to hydrolysis) is 1. The van der Waals surface area contributed by atoms with Gasteiger partial charge in [-0.25, -0.2) is 23.0 Å². The summed E-state index contributed by atoms with van der Waals surface area (Å²) in [5.74, 6) is -3.20. The number of pyridine rings is 1. The Kier molecular flexibility index (Phi) is 10.2. The Balaban J connectivity index is 1.32. The zero-order valence-corrected chi connectivity index (χ0v) is 32.0. The van der Waals surface area contributed by atoms with Gasteiger partial charge in [0.1, 0.15) is 29.4 Å². The fourth-order valence-corrected chi connectivity index (χ4v) is 8.50. The highest BCUT2D eigenvalue weighted by Crippen LogP contribution is 2.47. The number of carbonyl (C=O) groups is 5. The number of allylic oxidation sites excluding steroid dienone is 1. The van der Waals surface area contributed by atoms with Crippen molar-refractivity contribution in [2.75, 3.05) is 13.2 Å². The van der Waals surface area contributed by atoms with Crippen molar-refractivity contribution in [3.8, 4) is 0 Å². The number of ether oxygens (including phenoxy) is 2. The zero-order chi connectivity index (χ0) is 38.5. The van der Waals surface area contributed by atoms with E-state index in [1.54, 1.807) is 37.4 Å². The predicted octanol–water partition coefficient (Wildman–Crippen LogP) is 3.33. The molecular formula is C37H50N6O9S. The minimum atomic E-state index is -3.89. The van der Waals surface area contributed by atoms with Crippen LogP contribution in [0.1, 0.15) is 103 Å². The number of sulfonamides is 1. The summed E-state index contributed by atoms with van der Waals surface area (Å²) in [5.41, 5.74) is -1.37. The molecular weight excluding hydrogens is 705 g/mol. The maximum absolute atomic E-state index is 14.5. The maximum Gasteiger partial charge on any atom is 0.407 e. The Bertz CT molecular complexity index is 1950. The van der Waals surface area contributed by atoms with Gasteiger partial charge < -0.3 is 25.0 Å². The van der Waals surface area contributed by atoms with Crippen molar-refractivity contribution in [1.82, 2.24) is 29.6 Å². The van der Waals surface area contributed by atoms with E-state index in [4.69, 9.17) is 9.47 Å². The fourth-order valence-electron chi connectivity index (χ4n) is 7.13. The molecule has 0 unspecified atom stereocenters. The molecule has 4 heterocycles. The van der Waals surface area contributed by atoms with E-state index < -0.39 is 79.6 Å². The molecule has 0 spiro atoms. The first-order chi connectivity index (χ1) is 24.8. The van der Waals surface area contributed by atoms with E-state index in [0.29, 0.717) is 37.8 Å². The molecule has 53 heavy (non-hydrogen) atoms. The van der Waals surface area contributed by atoms with Crippen LogP contribution >= 0.6 is 0 Å². The highest BCUT2D eigenvalue weighted by Gasteiger charge is 2.62. The molecule has 2 aliphatic heterocycles. The third kappa shape index (κ3) is 8.21. The second-order valence-electron chi connectivity index (χ2n) is 16.6. The van der Waals surface area contributed by atoms with Crippen LogP contribution in [0.4, 0.5) is 4.79 Å². The third-order valence-electron chi connectivity index (χ3n) is 10.6. The third-order valence-corrected chi connectivity index (χ3v) is 12.5. The summed E-state index contributed by atoms with van der Waals surface area (Å²) in [6.07, 6.45) is 6.65. The van der Waals surface area contributed by atoms with Crippen molar-refractivity contribution in [1.29, 1.82) is 0 Å². The van der Waals surface area contributed by atoms with Crippen LogP contribution in [-0.4, -0.2) is 94.6 Å². The lowest BCUT2D eigenvalue weighted by Crippen LogP contribution is -2.60. The van der Waals surface area contributed by atoms with E-state index in [1.165, 1.54) is 4.90 Å². The minimum Gasteiger partial charge on any atom is -0.456 e. The van der Waals surface area contributed by atoms with Gasteiger partial charge in [0.05, 0.1) is 18.4 Å². The largest absolute Gasteiger partial charge is 0.456 e. The van der Waals surface area contributed by atoms with Crippen molar-refractivity contribution >= 4 is 51.5 Å². The molecule has 0 aromatic carbocycles. The molecule has 3 fully saturated rings. The number of imidazole rings is 1. The van der Waals surface area contributed by atoms with Gasteiger partial charge in [-0.15, -0.1) is 0 Å². The van der Waals surface area contributed by atoms with E-state index in [2.05, 4.69) is 20.3 Å². The van der Waals surface area contributed by atoms with Crippen LogP contribution in [0.2, 0.25) is 0 Å². The summed E-state index contributed by atoms with van der Waals surface area (Å²) >= 11 is 0. The number of rotatable bonds is 6. The monoisotopic (exact) mass is 754 g/mol. The number of nitrogens with zero attached hydrogens (tertiary/aromatic N) is 3. The number of nitrogens with one attached hydrogen (secondary N) is 3. The quantitative estimate of drug-likeness (QED) is 0.369. The van der Waals surface area contributed by atoms with E-state index in [-0.39, 0.29) is 37.6 Å². The van der Waals surface area contributed by atoms with Gasteiger partial charge >= 0.3 is 12.1 Å². The summed E-state index contributed by atoms with van der Waals surface area (Å²) in [6.45, 7) is 11.0. The number of esters is 1. The minimum absolute atomic E-state index is 0.0420. The molecule has 16 heteroatoms. The summed E-state index contributed by atoms with van der Waals surface area (Å²) < 4.78 is 40.8. The predicted molar refractivity (Wildman–Crippen MR) is 194 cm³/mol. The summed E-state index contributed by atoms with van der Waals surface area (Å²) in [7, 11) is -3.89. The van der Waals surface area contributed by atoms with Crippen LogP contribution in [0.3, 0.4) is 0 Å². The average Bonchev–Trinajstić information content (AvgIpc) is 3.97. The number of hydrogen-bond acceptors (Lipinski definition) is 10. The SMILES string of the molecule is CC[C@H]1C[C@]1(NC(=O)[C@@H]1C[C@@H]2CN1C(=O)[C@H](C(C)(C)C)NC(=O)OCC(C)(C)CC/C=C/c1cccc3nc(cn13)C(=O)O2)C(=O)NS(=O)(=O)C1CC1. The van der Waals surface area contributed by atoms with Gasteiger partial charge in [0, 0.05) is 18.3 Å². The molecule has 1 saturated heterocycles. The van der Waals surface area contributed by atoms with Crippen molar-refractivity contribution < 1.29 is 41.9 Å². The van der Waals surface area contributed by atoms with Crippen molar-refractivity contribution in [2.24, 2.45) is 16.7 Å². The number of aromatic nitrogens is 2. The van der Waals surface area contributed by atoms with Gasteiger partial charge in [0.15, 0.2) is 5.69 Å². The van der Waals surface area contributed by atoms with Crippen LogP contribution in [0.25, 0.3) is 11.7 Å². The van der Waals surface area contributed by atoms with Crippen molar-refractivity contribution in [3.63, 3.8) is 0 Å². The first kappa shape index (κ1) is 38.3. The molecule has 2 saturated carbocycles. The van der Waals surface area contributed by atoms with Crippen LogP contribution in [-0.2, 0) is 33.9 Å². The second kappa shape index (κ2) is 14.1. The maximum atomic E-state index is 14.5. The molecule has 4 aliphatic rings. The number of fused-ring (bicyclic) bond motifs is 3. The van der Waals surface area contributed by atoms with Crippen LogP contribution in [0.5, 0.6) is 0 Å². The average molecular weight is 755 g/mol. The first-order valence-corrected chi connectivity index (χ1v) is 19.9. The molecule has 4 amide bonds. The normalized spacial score (nSPS) is 28.8. The molecule has 2 aromatic heterocycles. The second-order valence-corrected chi connectivity index (χ2v) is 18.6. The zero-order valence-electron chi connectivity index (χ0n) is 31.1. The lowest BCUT2D eigenvalue weighted by Gasteiger charge is -2.35. The highest BCUT2D eigenvalue weighted by molar-refractivity contribution is 7.91. The van der Waals surface area contributed by atoms with Gasteiger partial charge in [-0.05, 0) is 67.1 Å². The van der Waals surface area contributed by atoms with Gasteiger partial charge in [0.2, 0.25) is 21.8 Å². The van der Waals surface area contributed by atoms with Gasteiger partial charge in [-0.1, -0.05) is 60.1 Å². The van der Waals surface area contributed by atoms with Gasteiger partial charge in [-0.2, -0.15) is 0 Å². The van der Waals surface area contributed by atoms with Crippen LogP contribution in [0, 0.1) is 16.7 Å². The topological polar surface area (TPSA) is 195 Å². The van der Waals surface area contributed by atoms with Gasteiger partial charge in [-0.3, -0.25) is 23.5 Å². The molecule has 15 nitrogen and oxygen atoms in total. The Morgan fingerprint density at radius 2 is 1.87 bits per heavy atom. The van der Waals surface area contributed by atoms with E-state index in [1.807, 2.05) is 45.1 Å². The summed E-state index contributed by atoms with van der Waals surface area (Å²) in [5, 5.41) is 4.88. The summed E-state index contributed by atoms with van der Waals surface area (Å²) in [6, 6.07) is 3.10. The molecule has 2 aromatic rings. The molecule has 288 valence electrons. The smallest absolute Gasteiger partial charge is 0.407 e. The molecule has 6 rings (SSSR count).